The van der Waals surface area contributed by atoms with Crippen LogP contribution in [-0.2, 0) is 6.42 Å². The first-order chi connectivity index (χ1) is 15.6. The van der Waals surface area contributed by atoms with E-state index in [0.717, 1.165) is 51.0 Å². The molecular formula is C28H34O4. The molecule has 0 aliphatic carbocycles. The van der Waals surface area contributed by atoms with E-state index in [4.69, 9.17) is 4.42 Å². The van der Waals surface area contributed by atoms with Crippen LogP contribution in [0, 0.1) is 0 Å². The average molecular weight is 435 g/mol. The van der Waals surface area contributed by atoms with Crippen LogP contribution in [-0.4, -0.2) is 10.2 Å². The van der Waals surface area contributed by atoms with Crippen LogP contribution in [0.15, 0.2) is 88.2 Å². The molecule has 1 heterocycles. The fraction of sp³-hybridized carbons (Fsp3) is 0.321. The highest BCUT2D eigenvalue weighted by Crippen LogP contribution is 2.28. The Bertz CT molecular complexity index is 1040. The van der Waals surface area contributed by atoms with Gasteiger partial charge in [0.05, 0.1) is 0 Å². The number of allylic oxidation sites excluding steroid dienone is 10. The van der Waals surface area contributed by atoms with E-state index < -0.39 is 0 Å². The number of aryl methyl sites for hydroxylation is 1. The number of hydrogen-bond donors (Lipinski definition) is 2. The van der Waals surface area contributed by atoms with Gasteiger partial charge >= 0.3 is 0 Å². The molecule has 0 amide bonds. The van der Waals surface area contributed by atoms with Crippen molar-refractivity contribution >= 4 is 11.0 Å². The summed E-state index contributed by atoms with van der Waals surface area (Å²) in [5.41, 5.74) is -0.0893. The molecule has 0 radical (unpaired) electrons. The number of aromatic hydroxyl groups is 2. The van der Waals surface area contributed by atoms with Crippen molar-refractivity contribution in [2.24, 2.45) is 0 Å². The molecule has 4 heteroatoms. The van der Waals surface area contributed by atoms with Gasteiger partial charge in [-0.25, -0.2) is 0 Å². The molecule has 32 heavy (non-hydrogen) atoms. The number of rotatable bonds is 13. The van der Waals surface area contributed by atoms with Crippen molar-refractivity contribution in [1.29, 1.82) is 0 Å². The zero-order valence-electron chi connectivity index (χ0n) is 18.9. The van der Waals surface area contributed by atoms with E-state index in [9.17, 15) is 15.0 Å². The lowest BCUT2D eigenvalue weighted by molar-refractivity contribution is 0.450. The Morgan fingerprint density at radius 2 is 1.34 bits per heavy atom. The standard InChI is InChI=1S/C28H34O4/c1-2-3-4-5-6-7-8-9-10-11-12-13-14-15-16-17-18-19-24-22-26(31)28-25(30)20-23(29)21-27(28)32-24/h3-4,6-7,9-10,12-13,15-16,20-22,29-30H,2,5,8,11,14,17-19H2,1H3. The van der Waals surface area contributed by atoms with Crippen molar-refractivity contribution in [3.8, 4) is 11.5 Å². The lowest BCUT2D eigenvalue weighted by Crippen LogP contribution is -2.02. The molecule has 2 N–H and O–H groups in total. The molecule has 170 valence electrons. The lowest BCUT2D eigenvalue weighted by atomic mass is 10.1. The number of benzene rings is 1. The zero-order chi connectivity index (χ0) is 23.0. The lowest BCUT2D eigenvalue weighted by Gasteiger charge is -2.04. The van der Waals surface area contributed by atoms with Crippen LogP contribution in [0.25, 0.3) is 11.0 Å². The summed E-state index contributed by atoms with van der Waals surface area (Å²) in [6, 6.07) is 3.91. The Kier molecular flexibility index (Phi) is 11.5. The van der Waals surface area contributed by atoms with Crippen LogP contribution in [0.5, 0.6) is 11.5 Å². The van der Waals surface area contributed by atoms with Gasteiger partial charge in [0.1, 0.15) is 28.2 Å². The monoisotopic (exact) mass is 434 g/mol. The molecule has 0 aliphatic heterocycles. The zero-order valence-corrected chi connectivity index (χ0v) is 18.9. The molecule has 0 saturated carbocycles. The van der Waals surface area contributed by atoms with Crippen molar-refractivity contribution in [3.63, 3.8) is 0 Å². The molecule has 4 nitrogen and oxygen atoms in total. The minimum Gasteiger partial charge on any atom is -0.508 e. The summed E-state index contributed by atoms with van der Waals surface area (Å²) in [7, 11) is 0. The highest BCUT2D eigenvalue weighted by Gasteiger charge is 2.10. The smallest absolute Gasteiger partial charge is 0.196 e. The SMILES string of the molecule is CCC=CCC=CCC=CCC=CCC=CCCCc1cc(=O)c2c(O)cc(O)cc2o1. The van der Waals surface area contributed by atoms with Gasteiger partial charge in [-0.2, -0.15) is 0 Å². The van der Waals surface area contributed by atoms with Crippen molar-refractivity contribution in [2.45, 2.75) is 58.3 Å². The Morgan fingerprint density at radius 3 is 1.94 bits per heavy atom. The maximum absolute atomic E-state index is 12.2. The molecule has 0 saturated heterocycles. The highest BCUT2D eigenvalue weighted by atomic mass is 16.3. The number of hydrogen-bond acceptors (Lipinski definition) is 4. The summed E-state index contributed by atoms with van der Waals surface area (Å²) in [5.74, 6) is 0.160. The Hall–Kier alpha value is -3.27. The van der Waals surface area contributed by atoms with Crippen molar-refractivity contribution in [2.75, 3.05) is 0 Å². The van der Waals surface area contributed by atoms with Crippen LogP contribution in [0.1, 0.15) is 57.6 Å². The van der Waals surface area contributed by atoms with Crippen LogP contribution in [0.4, 0.5) is 0 Å². The predicted molar refractivity (Wildman–Crippen MR) is 133 cm³/mol. The first kappa shape index (κ1) is 25.0. The minimum atomic E-state index is -0.298. The Balaban J connectivity index is 1.62. The molecule has 1 aromatic carbocycles. The van der Waals surface area contributed by atoms with Crippen molar-refractivity contribution in [3.05, 3.63) is 94.9 Å². The van der Waals surface area contributed by atoms with E-state index in [-0.39, 0.29) is 27.9 Å². The maximum Gasteiger partial charge on any atom is 0.196 e. The van der Waals surface area contributed by atoms with Crippen molar-refractivity contribution in [1.82, 2.24) is 0 Å². The van der Waals surface area contributed by atoms with Crippen molar-refractivity contribution < 1.29 is 14.6 Å². The molecule has 0 bridgehead atoms. The second-order valence-corrected chi connectivity index (χ2v) is 7.52. The molecule has 0 atom stereocenters. The molecule has 1 aromatic heterocycles. The molecule has 0 fully saturated rings. The molecule has 0 aliphatic rings. The Labute approximate surface area is 190 Å². The maximum atomic E-state index is 12.2. The fourth-order valence-electron chi connectivity index (χ4n) is 3.19. The second kappa shape index (κ2) is 14.7. The van der Waals surface area contributed by atoms with Crippen LogP contribution >= 0.6 is 0 Å². The third-order valence-electron chi connectivity index (χ3n) is 4.80. The van der Waals surface area contributed by atoms with Gasteiger partial charge in [-0.1, -0.05) is 67.7 Å². The van der Waals surface area contributed by atoms with Crippen LogP contribution in [0.3, 0.4) is 0 Å². The highest BCUT2D eigenvalue weighted by molar-refractivity contribution is 5.84. The molecular weight excluding hydrogens is 400 g/mol. The van der Waals surface area contributed by atoms with Crippen LogP contribution in [0.2, 0.25) is 0 Å². The van der Waals surface area contributed by atoms with E-state index in [1.165, 1.54) is 12.1 Å². The summed E-state index contributed by atoms with van der Waals surface area (Å²) in [6.45, 7) is 2.14. The van der Waals surface area contributed by atoms with Gasteiger partial charge in [0, 0.05) is 24.6 Å². The fourth-order valence-corrected chi connectivity index (χ4v) is 3.19. The van der Waals surface area contributed by atoms with Crippen LogP contribution < -0.4 is 5.43 Å². The quantitative estimate of drug-likeness (QED) is 0.257. The third kappa shape index (κ3) is 9.25. The number of unbranched alkanes of at least 4 members (excludes halogenated alkanes) is 1. The van der Waals surface area contributed by atoms with Gasteiger partial charge in [0.25, 0.3) is 0 Å². The number of phenolic OH excluding ortho intramolecular Hbond substituents is 2. The normalized spacial score (nSPS) is 12.7. The largest absolute Gasteiger partial charge is 0.508 e. The van der Waals surface area contributed by atoms with E-state index >= 15 is 0 Å². The first-order valence-corrected chi connectivity index (χ1v) is 11.4. The van der Waals surface area contributed by atoms with Gasteiger partial charge in [0.2, 0.25) is 0 Å². The Morgan fingerprint density at radius 1 is 0.781 bits per heavy atom. The summed E-state index contributed by atoms with van der Waals surface area (Å²) in [5, 5.41) is 19.5. The number of phenols is 2. The van der Waals surface area contributed by atoms with E-state index in [2.05, 4.69) is 67.7 Å². The molecule has 0 unspecified atom stereocenters. The molecule has 2 rings (SSSR count). The van der Waals surface area contributed by atoms with E-state index in [1.807, 2.05) is 0 Å². The summed E-state index contributed by atoms with van der Waals surface area (Å²) >= 11 is 0. The summed E-state index contributed by atoms with van der Waals surface area (Å²) in [6.07, 6.45) is 29.0. The van der Waals surface area contributed by atoms with Gasteiger partial charge in [-0.15, -0.1) is 0 Å². The second-order valence-electron chi connectivity index (χ2n) is 7.52. The molecule has 2 aromatic rings. The van der Waals surface area contributed by atoms with Gasteiger partial charge in [-0.05, 0) is 44.9 Å². The van der Waals surface area contributed by atoms with E-state index in [1.54, 1.807) is 0 Å². The predicted octanol–water partition coefficient (Wildman–Crippen LogP) is 7.28. The summed E-state index contributed by atoms with van der Waals surface area (Å²) in [4.78, 5) is 12.2. The summed E-state index contributed by atoms with van der Waals surface area (Å²) < 4.78 is 5.66. The number of fused-ring (bicyclic) bond motifs is 1. The third-order valence-corrected chi connectivity index (χ3v) is 4.80. The topological polar surface area (TPSA) is 70.7 Å². The molecule has 0 spiro atoms. The van der Waals surface area contributed by atoms with E-state index in [0.29, 0.717) is 12.2 Å². The van der Waals surface area contributed by atoms with Gasteiger partial charge in [-0.3, -0.25) is 4.79 Å². The average Bonchev–Trinajstić information content (AvgIpc) is 2.75. The van der Waals surface area contributed by atoms with Gasteiger partial charge in [0.15, 0.2) is 5.43 Å². The minimum absolute atomic E-state index is 0.101. The van der Waals surface area contributed by atoms with Gasteiger partial charge < -0.3 is 14.6 Å². The first-order valence-electron chi connectivity index (χ1n) is 11.4.